The van der Waals surface area contributed by atoms with Gasteiger partial charge in [0, 0.05) is 24.5 Å². The number of hydrogen-bond donors (Lipinski definition) is 5. The number of carbonyl (C=O) groups is 4. The molecule has 1 aliphatic rings. The average molecular weight is 750 g/mol. The molecule has 1 aliphatic heterocycles. The molecule has 4 amide bonds. The van der Waals surface area contributed by atoms with Crippen molar-refractivity contribution < 1.29 is 42.2 Å². The lowest BCUT2D eigenvalue weighted by molar-refractivity contribution is -0.132. The highest BCUT2D eigenvalue weighted by Crippen LogP contribution is 2.19. The fourth-order valence-corrected chi connectivity index (χ4v) is 7.06. The van der Waals surface area contributed by atoms with Crippen LogP contribution >= 0.6 is 11.8 Å². The van der Waals surface area contributed by atoms with Crippen LogP contribution in [0.25, 0.3) is 0 Å². The first-order valence-electron chi connectivity index (χ1n) is 16.8. The van der Waals surface area contributed by atoms with E-state index in [-0.39, 0.29) is 29.5 Å². The number of amides is 4. The van der Waals surface area contributed by atoms with Gasteiger partial charge >= 0.3 is 12.2 Å². The summed E-state index contributed by atoms with van der Waals surface area (Å²) in [6.07, 6.45) is -1.98. The average Bonchev–Trinajstić information content (AvgIpc) is 3.57. The van der Waals surface area contributed by atoms with Crippen molar-refractivity contribution in [1.29, 1.82) is 0 Å². The number of sulfonamides is 1. The SMILES string of the molecule is CC(C)(C)OC(=O)NC(CCCCNS(=O)(=O)c1cccc(NC(=O)C(O)C(Cc2ccccc2)NC(=O)OC(C)(C)C)c1)C(=O)N1CCSC1. The van der Waals surface area contributed by atoms with Crippen molar-refractivity contribution in [2.75, 3.05) is 30.0 Å². The molecule has 3 atom stereocenters. The van der Waals surface area contributed by atoms with E-state index < -0.39 is 57.5 Å². The number of nitrogens with zero attached hydrogens (tertiary/aromatic N) is 1. The van der Waals surface area contributed by atoms with Gasteiger partial charge in [0.05, 0.1) is 16.8 Å². The van der Waals surface area contributed by atoms with Crippen LogP contribution < -0.4 is 20.7 Å². The first kappa shape index (κ1) is 41.6. The Labute approximate surface area is 304 Å². The molecular weight excluding hydrogens is 699 g/mol. The van der Waals surface area contributed by atoms with Gasteiger partial charge in [-0.25, -0.2) is 22.7 Å². The third kappa shape index (κ3) is 14.7. The van der Waals surface area contributed by atoms with E-state index >= 15 is 0 Å². The Bertz CT molecular complexity index is 1590. The van der Waals surface area contributed by atoms with Gasteiger partial charge in [0.2, 0.25) is 15.9 Å². The molecule has 14 nitrogen and oxygen atoms in total. The first-order valence-corrected chi connectivity index (χ1v) is 19.4. The second-order valence-corrected chi connectivity index (χ2v) is 17.0. The number of thioether (sulfide) groups is 1. The van der Waals surface area contributed by atoms with E-state index in [1.165, 1.54) is 24.3 Å². The fraction of sp³-hybridized carbons (Fsp3) is 0.543. The van der Waals surface area contributed by atoms with Crippen LogP contribution in [0.15, 0.2) is 59.5 Å². The van der Waals surface area contributed by atoms with Crippen molar-refractivity contribution >= 4 is 51.5 Å². The molecule has 2 aromatic rings. The summed E-state index contributed by atoms with van der Waals surface area (Å²) in [6, 6.07) is 12.7. The van der Waals surface area contributed by atoms with Crippen LogP contribution in [0.5, 0.6) is 0 Å². The van der Waals surface area contributed by atoms with Gasteiger partial charge in [-0.1, -0.05) is 36.4 Å². The molecule has 5 N–H and O–H groups in total. The van der Waals surface area contributed by atoms with Gasteiger partial charge in [0.1, 0.15) is 17.2 Å². The highest BCUT2D eigenvalue weighted by molar-refractivity contribution is 7.99. The van der Waals surface area contributed by atoms with Crippen LogP contribution in [-0.4, -0.2) is 96.5 Å². The lowest BCUT2D eigenvalue weighted by Crippen LogP contribution is -2.51. The molecule has 0 saturated carbocycles. The summed E-state index contributed by atoms with van der Waals surface area (Å²) in [5.41, 5.74) is -0.658. The third-order valence-corrected chi connectivity index (χ3v) is 9.75. The number of carbonyl (C=O) groups excluding carboxylic acids is 4. The van der Waals surface area contributed by atoms with Crippen molar-refractivity contribution in [2.45, 2.75) is 102 Å². The zero-order valence-corrected chi connectivity index (χ0v) is 31.7. The number of benzene rings is 2. The van der Waals surface area contributed by atoms with Crippen LogP contribution in [0, 0.1) is 0 Å². The molecule has 0 spiro atoms. The van der Waals surface area contributed by atoms with Crippen LogP contribution in [0.2, 0.25) is 0 Å². The Balaban J connectivity index is 1.59. The Kier molecular flexibility index (Phi) is 15.1. The molecule has 1 saturated heterocycles. The molecule has 0 bridgehead atoms. The van der Waals surface area contributed by atoms with Crippen LogP contribution in [-0.2, 0) is 35.5 Å². The van der Waals surface area contributed by atoms with Crippen LogP contribution in [0.4, 0.5) is 15.3 Å². The summed E-state index contributed by atoms with van der Waals surface area (Å²) in [5, 5.41) is 18.8. The maximum Gasteiger partial charge on any atom is 0.408 e. The highest BCUT2D eigenvalue weighted by Gasteiger charge is 2.31. The lowest BCUT2D eigenvalue weighted by Gasteiger charge is -2.26. The number of hydrogen-bond acceptors (Lipinski definition) is 10. The predicted molar refractivity (Wildman–Crippen MR) is 196 cm³/mol. The zero-order chi connectivity index (χ0) is 37.8. The predicted octanol–water partition coefficient (Wildman–Crippen LogP) is 4.00. The van der Waals surface area contributed by atoms with Gasteiger partial charge in [-0.3, -0.25) is 9.59 Å². The van der Waals surface area contributed by atoms with Crippen molar-refractivity contribution in [1.82, 2.24) is 20.3 Å². The molecule has 0 aliphatic carbocycles. The molecule has 2 aromatic carbocycles. The highest BCUT2D eigenvalue weighted by atomic mass is 32.2. The van der Waals surface area contributed by atoms with Gasteiger partial charge in [-0.2, -0.15) is 0 Å². The normalized spacial score (nSPS) is 15.3. The summed E-state index contributed by atoms with van der Waals surface area (Å²) in [7, 11) is -4.00. The molecular formula is C35H51N5O9S2. The summed E-state index contributed by atoms with van der Waals surface area (Å²) in [5.74, 6) is 0.299. The van der Waals surface area contributed by atoms with E-state index in [9.17, 15) is 32.7 Å². The smallest absolute Gasteiger partial charge is 0.408 e. The Morgan fingerprint density at radius 2 is 1.55 bits per heavy atom. The number of anilines is 1. The number of unbranched alkanes of at least 4 members (excludes halogenated alkanes) is 1. The minimum absolute atomic E-state index is 0.0576. The largest absolute Gasteiger partial charge is 0.444 e. The van der Waals surface area contributed by atoms with E-state index in [4.69, 9.17) is 9.47 Å². The van der Waals surface area contributed by atoms with E-state index in [0.29, 0.717) is 31.7 Å². The number of aliphatic hydroxyl groups excluding tert-OH is 1. The monoisotopic (exact) mass is 749 g/mol. The third-order valence-electron chi connectivity index (χ3n) is 7.33. The molecule has 1 fully saturated rings. The van der Waals surface area contributed by atoms with Crippen LogP contribution in [0.1, 0.15) is 66.4 Å². The Morgan fingerprint density at radius 3 is 2.16 bits per heavy atom. The summed E-state index contributed by atoms with van der Waals surface area (Å²) >= 11 is 1.63. The molecule has 282 valence electrons. The number of ether oxygens (including phenoxy) is 2. The van der Waals surface area contributed by atoms with Gasteiger partial charge in [-0.15, -0.1) is 11.8 Å². The summed E-state index contributed by atoms with van der Waals surface area (Å²) in [6.45, 7) is 10.9. The Morgan fingerprint density at radius 1 is 0.902 bits per heavy atom. The molecule has 3 unspecified atom stereocenters. The Hall–Kier alpha value is -3.86. The summed E-state index contributed by atoms with van der Waals surface area (Å²) < 4.78 is 39.5. The van der Waals surface area contributed by atoms with Gasteiger partial charge in [0.15, 0.2) is 6.10 Å². The second kappa shape index (κ2) is 18.6. The van der Waals surface area contributed by atoms with E-state index in [1.807, 2.05) is 6.07 Å². The number of aliphatic hydroxyl groups is 1. The fourth-order valence-electron chi connectivity index (χ4n) is 4.99. The van der Waals surface area contributed by atoms with E-state index in [0.717, 1.165) is 11.3 Å². The molecule has 0 aromatic heterocycles. The van der Waals surface area contributed by atoms with E-state index in [2.05, 4.69) is 20.7 Å². The van der Waals surface area contributed by atoms with Crippen LogP contribution in [0.3, 0.4) is 0 Å². The topological polar surface area (TPSA) is 192 Å². The molecule has 1 heterocycles. The van der Waals surface area contributed by atoms with Gasteiger partial charge in [-0.05, 0) is 91.0 Å². The van der Waals surface area contributed by atoms with Gasteiger partial charge < -0.3 is 35.4 Å². The summed E-state index contributed by atoms with van der Waals surface area (Å²) in [4.78, 5) is 52.8. The van der Waals surface area contributed by atoms with Crippen molar-refractivity contribution in [3.05, 3.63) is 60.2 Å². The maximum absolute atomic E-state index is 13.2. The number of nitrogens with one attached hydrogen (secondary N) is 4. The standard InChI is InChI=1S/C35H51N5O9S2/c1-34(2,3)48-32(44)38-27(31(43)40-19-20-50-23-40)17-10-11-18-36-51(46,47)26-16-12-15-25(22-26)37-30(42)29(41)28(21-24-13-8-7-9-14-24)39-33(45)49-35(4,5)6/h7-9,12-16,22,27-29,36,41H,10-11,17-21,23H2,1-6H3,(H,37,42)(H,38,44)(H,39,45). The van der Waals surface area contributed by atoms with Crippen molar-refractivity contribution in [2.24, 2.45) is 0 Å². The number of alkyl carbamates (subject to hydrolysis) is 2. The van der Waals surface area contributed by atoms with Crippen molar-refractivity contribution in [3.8, 4) is 0 Å². The molecule has 0 radical (unpaired) electrons. The van der Waals surface area contributed by atoms with E-state index in [1.54, 1.807) is 82.5 Å². The molecule has 3 rings (SSSR count). The second-order valence-electron chi connectivity index (χ2n) is 14.1. The lowest BCUT2D eigenvalue weighted by atomic mass is 10.0. The first-order chi connectivity index (χ1) is 23.8. The molecule has 16 heteroatoms. The number of rotatable bonds is 15. The van der Waals surface area contributed by atoms with Crippen molar-refractivity contribution in [3.63, 3.8) is 0 Å². The quantitative estimate of drug-likeness (QED) is 0.166. The zero-order valence-electron chi connectivity index (χ0n) is 30.1. The maximum atomic E-state index is 13.2. The molecule has 51 heavy (non-hydrogen) atoms. The minimum atomic E-state index is -4.00. The van der Waals surface area contributed by atoms with Gasteiger partial charge in [0.25, 0.3) is 5.91 Å². The minimum Gasteiger partial charge on any atom is -0.444 e.